The Bertz CT molecular complexity index is 674. The van der Waals surface area contributed by atoms with E-state index >= 15 is 0 Å². The summed E-state index contributed by atoms with van der Waals surface area (Å²) in [5.41, 5.74) is 8.73. The topological polar surface area (TPSA) is 67.2 Å². The van der Waals surface area contributed by atoms with E-state index in [-0.39, 0.29) is 5.91 Å². The van der Waals surface area contributed by atoms with Gasteiger partial charge < -0.3 is 16.4 Å². The van der Waals surface area contributed by atoms with Crippen LogP contribution in [0.2, 0.25) is 0 Å². The van der Waals surface area contributed by atoms with Gasteiger partial charge in [0.05, 0.1) is 17.1 Å². The summed E-state index contributed by atoms with van der Waals surface area (Å²) in [5.74, 6) is -0.126. The second-order valence-electron chi connectivity index (χ2n) is 4.41. The van der Waals surface area contributed by atoms with Gasteiger partial charge in [-0.25, -0.2) is 0 Å². The largest absolute Gasteiger partial charge is 0.397 e. The highest BCUT2D eigenvalue weighted by Crippen LogP contribution is 2.31. The van der Waals surface area contributed by atoms with Crippen LogP contribution < -0.4 is 16.4 Å². The Morgan fingerprint density at radius 2 is 1.90 bits per heavy atom. The van der Waals surface area contributed by atoms with Gasteiger partial charge in [-0.05, 0) is 59.3 Å². The average Bonchev–Trinajstić information content (AvgIpc) is 2.45. The summed E-state index contributed by atoms with van der Waals surface area (Å²) in [4.78, 5) is 11.8. The zero-order valence-corrected chi connectivity index (χ0v) is 14.6. The normalized spacial score (nSPS) is 10.2. The second-order valence-corrected chi connectivity index (χ2v) is 6.18. The first-order chi connectivity index (χ1) is 10.0. The molecular weight excluding hydrogens is 398 g/mol. The predicted molar refractivity (Wildman–Crippen MR) is 94.0 cm³/mol. The van der Waals surface area contributed by atoms with Crippen LogP contribution >= 0.6 is 31.9 Å². The molecule has 6 heteroatoms. The highest BCUT2D eigenvalue weighted by molar-refractivity contribution is 9.11. The molecule has 1 amide bonds. The van der Waals surface area contributed by atoms with Crippen molar-refractivity contribution in [3.8, 4) is 0 Å². The van der Waals surface area contributed by atoms with Crippen molar-refractivity contribution in [2.75, 3.05) is 17.6 Å². The molecule has 0 unspecified atom stereocenters. The molecule has 0 aliphatic carbocycles. The highest BCUT2D eigenvalue weighted by Gasteiger charge is 2.08. The van der Waals surface area contributed by atoms with Crippen LogP contribution in [0, 0.1) is 0 Å². The van der Waals surface area contributed by atoms with Gasteiger partial charge >= 0.3 is 0 Å². The van der Waals surface area contributed by atoms with Gasteiger partial charge in [-0.3, -0.25) is 4.79 Å². The fraction of sp³-hybridized carbons (Fsp3) is 0.133. The molecule has 4 nitrogen and oxygen atoms in total. The van der Waals surface area contributed by atoms with Crippen LogP contribution in [0.5, 0.6) is 0 Å². The molecule has 0 radical (unpaired) electrons. The summed E-state index contributed by atoms with van der Waals surface area (Å²) >= 11 is 6.91. The fourth-order valence-electron chi connectivity index (χ4n) is 1.82. The number of hydrogen-bond donors (Lipinski definition) is 3. The molecule has 21 heavy (non-hydrogen) atoms. The van der Waals surface area contributed by atoms with Crippen molar-refractivity contribution in [1.29, 1.82) is 0 Å². The molecule has 0 heterocycles. The Hall–Kier alpha value is -1.53. The van der Waals surface area contributed by atoms with Crippen molar-refractivity contribution in [3.05, 3.63) is 50.9 Å². The zero-order chi connectivity index (χ0) is 15.4. The number of carbonyl (C=O) groups excluding carboxylic acids is 1. The monoisotopic (exact) mass is 411 g/mol. The molecule has 0 spiro atoms. The number of rotatable bonds is 4. The number of amides is 1. The predicted octanol–water partition coefficient (Wildman–Crippen LogP) is 4.29. The van der Waals surface area contributed by atoms with Crippen LogP contribution in [0.1, 0.15) is 17.3 Å². The van der Waals surface area contributed by atoms with Gasteiger partial charge in [0.25, 0.3) is 5.91 Å². The molecule has 2 aromatic carbocycles. The lowest BCUT2D eigenvalue weighted by Crippen LogP contribution is -2.22. The molecule has 0 saturated carbocycles. The number of benzene rings is 2. The Morgan fingerprint density at radius 3 is 2.57 bits per heavy atom. The number of halogens is 2. The van der Waals surface area contributed by atoms with E-state index < -0.39 is 0 Å². The van der Waals surface area contributed by atoms with Crippen molar-refractivity contribution in [1.82, 2.24) is 5.32 Å². The van der Waals surface area contributed by atoms with E-state index in [0.717, 1.165) is 20.3 Å². The zero-order valence-electron chi connectivity index (χ0n) is 11.4. The molecular formula is C15H15Br2N3O. The van der Waals surface area contributed by atoms with E-state index in [1.54, 1.807) is 18.2 Å². The number of anilines is 3. The molecule has 0 atom stereocenters. The van der Waals surface area contributed by atoms with Crippen LogP contribution in [0.15, 0.2) is 45.3 Å². The first-order valence-electron chi connectivity index (χ1n) is 6.41. The van der Waals surface area contributed by atoms with Crippen LogP contribution in [0.25, 0.3) is 0 Å². The smallest absolute Gasteiger partial charge is 0.251 e. The Morgan fingerprint density at radius 1 is 1.14 bits per heavy atom. The van der Waals surface area contributed by atoms with Crippen molar-refractivity contribution in [2.45, 2.75) is 6.92 Å². The lowest BCUT2D eigenvalue weighted by Gasteiger charge is -2.12. The molecule has 0 aliphatic rings. The van der Waals surface area contributed by atoms with Crippen molar-refractivity contribution >= 4 is 54.8 Å². The minimum atomic E-state index is -0.126. The molecule has 0 bridgehead atoms. The minimum Gasteiger partial charge on any atom is -0.397 e. The van der Waals surface area contributed by atoms with E-state index in [1.807, 2.05) is 25.1 Å². The summed E-state index contributed by atoms with van der Waals surface area (Å²) in [7, 11) is 0. The number of carbonyl (C=O) groups is 1. The highest BCUT2D eigenvalue weighted by atomic mass is 79.9. The molecule has 4 N–H and O–H groups in total. The maximum absolute atomic E-state index is 11.8. The Labute approximate surface area is 140 Å². The third-order valence-corrected chi connectivity index (χ3v) is 4.03. The lowest BCUT2D eigenvalue weighted by molar-refractivity contribution is 0.0956. The summed E-state index contributed by atoms with van der Waals surface area (Å²) < 4.78 is 1.89. The van der Waals surface area contributed by atoms with Gasteiger partial charge in [-0.2, -0.15) is 0 Å². The van der Waals surface area contributed by atoms with Crippen molar-refractivity contribution < 1.29 is 4.79 Å². The molecule has 2 rings (SSSR count). The first-order valence-corrected chi connectivity index (χ1v) is 7.99. The summed E-state index contributed by atoms with van der Waals surface area (Å²) in [6.45, 7) is 2.46. The molecule has 110 valence electrons. The number of hydrogen-bond acceptors (Lipinski definition) is 3. The molecule has 0 aromatic heterocycles. The number of nitrogens with one attached hydrogen (secondary N) is 2. The fourth-order valence-corrected chi connectivity index (χ4v) is 2.53. The van der Waals surface area contributed by atoms with E-state index in [1.165, 1.54) is 0 Å². The van der Waals surface area contributed by atoms with Crippen molar-refractivity contribution in [2.24, 2.45) is 0 Å². The lowest BCUT2D eigenvalue weighted by atomic mass is 10.1. The first kappa shape index (κ1) is 15.9. The van der Waals surface area contributed by atoms with Gasteiger partial charge in [0, 0.05) is 21.1 Å². The van der Waals surface area contributed by atoms with Gasteiger partial charge in [-0.15, -0.1) is 0 Å². The second kappa shape index (κ2) is 6.95. The van der Waals surface area contributed by atoms with Crippen molar-refractivity contribution in [3.63, 3.8) is 0 Å². The van der Waals surface area contributed by atoms with Gasteiger partial charge in [0.15, 0.2) is 0 Å². The van der Waals surface area contributed by atoms with Crippen LogP contribution in [0.4, 0.5) is 17.1 Å². The quantitative estimate of drug-likeness (QED) is 0.656. The molecule has 2 aromatic rings. The van der Waals surface area contributed by atoms with Gasteiger partial charge in [0.1, 0.15) is 0 Å². The van der Waals surface area contributed by atoms with E-state index in [4.69, 9.17) is 5.73 Å². The maximum atomic E-state index is 11.8. The van der Waals surface area contributed by atoms with Crippen LogP contribution in [-0.2, 0) is 0 Å². The van der Waals surface area contributed by atoms with Gasteiger partial charge in [0.2, 0.25) is 0 Å². The van der Waals surface area contributed by atoms with E-state index in [9.17, 15) is 4.79 Å². The molecule has 0 fully saturated rings. The number of nitrogen functional groups attached to an aromatic ring is 1. The summed E-state index contributed by atoms with van der Waals surface area (Å²) in [5, 5.41) is 5.99. The average molecular weight is 413 g/mol. The third-order valence-electron chi connectivity index (χ3n) is 2.85. The maximum Gasteiger partial charge on any atom is 0.251 e. The summed E-state index contributed by atoms with van der Waals surface area (Å²) in [6, 6.07) is 11.0. The summed E-state index contributed by atoms with van der Waals surface area (Å²) in [6.07, 6.45) is 0. The standard InChI is InChI=1S/C15H15Br2N3O/c1-2-19-15(21)9-3-6-13(12(18)7-9)20-14-8-10(16)4-5-11(14)17/h3-8,20H,2,18H2,1H3,(H,19,21). The van der Waals surface area contributed by atoms with Crippen LogP contribution in [0.3, 0.4) is 0 Å². The third kappa shape index (κ3) is 3.98. The Balaban J connectivity index is 2.25. The Kier molecular flexibility index (Phi) is 5.25. The van der Waals surface area contributed by atoms with Gasteiger partial charge in [-0.1, -0.05) is 15.9 Å². The minimum absolute atomic E-state index is 0.126. The van der Waals surface area contributed by atoms with E-state index in [0.29, 0.717) is 17.8 Å². The SMILES string of the molecule is CCNC(=O)c1ccc(Nc2cc(Br)ccc2Br)c(N)c1. The number of nitrogens with two attached hydrogens (primary N) is 1. The molecule has 0 aliphatic heterocycles. The van der Waals surface area contributed by atoms with E-state index in [2.05, 4.69) is 42.5 Å². The molecule has 0 saturated heterocycles. The van der Waals surface area contributed by atoms with Crippen LogP contribution in [-0.4, -0.2) is 12.5 Å².